The third-order valence-electron chi connectivity index (χ3n) is 2.36. The number of fused-ring (bicyclic) bond motifs is 1. The SMILES string of the molecule is [CH2]CCC1=COC(O)c2ccccc21. The number of aliphatic hydroxyl groups is 1. The Labute approximate surface area is 83.8 Å². The van der Waals surface area contributed by atoms with Crippen LogP contribution in [0.25, 0.3) is 5.57 Å². The van der Waals surface area contributed by atoms with Crippen LogP contribution >= 0.6 is 0 Å². The molecule has 14 heavy (non-hydrogen) atoms. The first-order chi connectivity index (χ1) is 6.83. The molecule has 1 unspecified atom stereocenters. The molecule has 73 valence electrons. The van der Waals surface area contributed by atoms with Gasteiger partial charge in [-0.25, -0.2) is 0 Å². The van der Waals surface area contributed by atoms with Gasteiger partial charge in [-0.2, -0.15) is 0 Å². The van der Waals surface area contributed by atoms with E-state index in [1.807, 2.05) is 24.3 Å². The molecule has 1 N–H and O–H groups in total. The van der Waals surface area contributed by atoms with Crippen LogP contribution in [0.2, 0.25) is 0 Å². The molecule has 1 radical (unpaired) electrons. The zero-order valence-corrected chi connectivity index (χ0v) is 7.94. The van der Waals surface area contributed by atoms with Crippen molar-refractivity contribution in [1.82, 2.24) is 0 Å². The van der Waals surface area contributed by atoms with Crippen LogP contribution < -0.4 is 0 Å². The number of benzene rings is 1. The molecule has 2 rings (SSSR count). The summed E-state index contributed by atoms with van der Waals surface area (Å²) in [5.41, 5.74) is 3.04. The molecule has 1 aliphatic heterocycles. The lowest BCUT2D eigenvalue weighted by Gasteiger charge is -2.22. The zero-order chi connectivity index (χ0) is 9.97. The molecule has 1 atom stereocenters. The minimum atomic E-state index is -0.820. The van der Waals surface area contributed by atoms with Crippen molar-refractivity contribution in [1.29, 1.82) is 0 Å². The van der Waals surface area contributed by atoms with E-state index in [-0.39, 0.29) is 0 Å². The maximum absolute atomic E-state index is 9.56. The Bertz CT molecular complexity index is 355. The Balaban J connectivity index is 2.40. The minimum Gasteiger partial charge on any atom is -0.468 e. The second-order valence-electron chi connectivity index (χ2n) is 3.32. The van der Waals surface area contributed by atoms with Gasteiger partial charge in [0.25, 0.3) is 0 Å². The molecule has 0 bridgehead atoms. The summed E-state index contributed by atoms with van der Waals surface area (Å²) in [5, 5.41) is 9.56. The van der Waals surface area contributed by atoms with Crippen molar-refractivity contribution < 1.29 is 9.84 Å². The van der Waals surface area contributed by atoms with Gasteiger partial charge in [-0.3, -0.25) is 0 Å². The molecule has 2 nitrogen and oxygen atoms in total. The van der Waals surface area contributed by atoms with Crippen LogP contribution in [0.5, 0.6) is 0 Å². The van der Waals surface area contributed by atoms with Gasteiger partial charge in [-0.05, 0) is 24.0 Å². The van der Waals surface area contributed by atoms with Crippen LogP contribution in [0, 0.1) is 6.92 Å². The van der Waals surface area contributed by atoms with E-state index in [9.17, 15) is 5.11 Å². The number of hydrogen-bond acceptors (Lipinski definition) is 2. The van der Waals surface area contributed by atoms with Crippen LogP contribution in [0.1, 0.15) is 30.3 Å². The predicted molar refractivity (Wildman–Crippen MR) is 55.1 cm³/mol. The Morgan fingerprint density at radius 2 is 2.14 bits per heavy atom. The van der Waals surface area contributed by atoms with E-state index in [4.69, 9.17) is 4.74 Å². The number of rotatable bonds is 2. The lowest BCUT2D eigenvalue weighted by atomic mass is 9.96. The molecule has 1 aliphatic rings. The fourth-order valence-electron chi connectivity index (χ4n) is 1.67. The lowest BCUT2D eigenvalue weighted by Crippen LogP contribution is -2.08. The monoisotopic (exact) mass is 189 g/mol. The summed E-state index contributed by atoms with van der Waals surface area (Å²) in [6.45, 7) is 3.81. The predicted octanol–water partition coefficient (Wildman–Crippen LogP) is 2.66. The number of allylic oxidation sites excluding steroid dienone is 1. The molecular weight excluding hydrogens is 176 g/mol. The summed E-state index contributed by atoms with van der Waals surface area (Å²) < 4.78 is 5.14. The zero-order valence-electron chi connectivity index (χ0n) is 7.94. The summed E-state index contributed by atoms with van der Waals surface area (Å²) >= 11 is 0. The quantitative estimate of drug-likeness (QED) is 0.775. The third kappa shape index (κ3) is 1.53. The number of ether oxygens (including phenoxy) is 1. The number of aliphatic hydroxyl groups excluding tert-OH is 1. The van der Waals surface area contributed by atoms with Crippen LogP contribution in [0.4, 0.5) is 0 Å². The fourth-order valence-corrected chi connectivity index (χ4v) is 1.67. The van der Waals surface area contributed by atoms with E-state index in [2.05, 4.69) is 6.92 Å². The average molecular weight is 189 g/mol. The largest absolute Gasteiger partial charge is 0.468 e. The summed E-state index contributed by atoms with van der Waals surface area (Å²) in [5.74, 6) is 0. The molecular formula is C12H13O2. The smallest absolute Gasteiger partial charge is 0.223 e. The molecule has 0 saturated heterocycles. The first-order valence-corrected chi connectivity index (χ1v) is 4.74. The summed E-state index contributed by atoms with van der Waals surface area (Å²) in [7, 11) is 0. The topological polar surface area (TPSA) is 29.5 Å². The molecule has 1 aromatic carbocycles. The molecule has 1 heterocycles. The van der Waals surface area contributed by atoms with Gasteiger partial charge in [0.2, 0.25) is 6.29 Å². The first-order valence-electron chi connectivity index (χ1n) is 4.74. The Morgan fingerprint density at radius 3 is 2.93 bits per heavy atom. The van der Waals surface area contributed by atoms with E-state index in [1.165, 1.54) is 0 Å². The van der Waals surface area contributed by atoms with Crippen LogP contribution in [0.15, 0.2) is 30.5 Å². The molecule has 2 heteroatoms. The molecule has 1 aromatic rings. The summed E-state index contributed by atoms with van der Waals surface area (Å²) in [6.07, 6.45) is 2.53. The van der Waals surface area contributed by atoms with E-state index in [0.717, 1.165) is 29.5 Å². The molecule has 0 aliphatic carbocycles. The van der Waals surface area contributed by atoms with E-state index < -0.39 is 6.29 Å². The van der Waals surface area contributed by atoms with E-state index in [1.54, 1.807) is 6.26 Å². The summed E-state index contributed by atoms with van der Waals surface area (Å²) in [6, 6.07) is 7.75. The highest BCUT2D eigenvalue weighted by Crippen LogP contribution is 2.32. The van der Waals surface area contributed by atoms with Gasteiger partial charge in [-0.1, -0.05) is 31.2 Å². The van der Waals surface area contributed by atoms with Gasteiger partial charge in [0.15, 0.2) is 0 Å². The second kappa shape index (κ2) is 3.84. The van der Waals surface area contributed by atoms with E-state index >= 15 is 0 Å². The molecule has 0 amide bonds. The Morgan fingerprint density at radius 1 is 1.36 bits per heavy atom. The lowest BCUT2D eigenvalue weighted by molar-refractivity contribution is -0.0563. The highest BCUT2D eigenvalue weighted by Gasteiger charge is 2.19. The van der Waals surface area contributed by atoms with Gasteiger partial charge >= 0.3 is 0 Å². The average Bonchev–Trinajstić information content (AvgIpc) is 2.23. The molecule has 0 spiro atoms. The standard InChI is InChI=1S/C12H13O2/c1-2-5-9-8-14-12(13)11-7-4-3-6-10(9)11/h3-4,6-8,12-13H,1-2,5H2. The van der Waals surface area contributed by atoms with Crippen molar-refractivity contribution in [2.45, 2.75) is 19.1 Å². The highest BCUT2D eigenvalue weighted by molar-refractivity contribution is 5.69. The van der Waals surface area contributed by atoms with Gasteiger partial charge in [0.05, 0.1) is 6.26 Å². The van der Waals surface area contributed by atoms with Gasteiger partial charge in [0, 0.05) is 5.56 Å². The van der Waals surface area contributed by atoms with Gasteiger partial charge in [0.1, 0.15) is 0 Å². The fraction of sp³-hybridized carbons (Fsp3) is 0.250. The van der Waals surface area contributed by atoms with Gasteiger partial charge < -0.3 is 9.84 Å². The van der Waals surface area contributed by atoms with Crippen molar-refractivity contribution in [3.05, 3.63) is 48.6 Å². The van der Waals surface area contributed by atoms with Gasteiger partial charge in [-0.15, -0.1) is 0 Å². The normalized spacial score (nSPS) is 19.6. The summed E-state index contributed by atoms with van der Waals surface area (Å²) in [4.78, 5) is 0. The van der Waals surface area contributed by atoms with Crippen molar-refractivity contribution in [2.75, 3.05) is 0 Å². The second-order valence-corrected chi connectivity index (χ2v) is 3.32. The van der Waals surface area contributed by atoms with Crippen LogP contribution in [-0.4, -0.2) is 5.11 Å². The van der Waals surface area contributed by atoms with E-state index in [0.29, 0.717) is 0 Å². The Kier molecular flexibility index (Phi) is 2.55. The van der Waals surface area contributed by atoms with Crippen molar-refractivity contribution in [3.63, 3.8) is 0 Å². The maximum atomic E-state index is 9.56. The number of hydrogen-bond donors (Lipinski definition) is 1. The van der Waals surface area contributed by atoms with Crippen molar-refractivity contribution >= 4 is 5.57 Å². The highest BCUT2D eigenvalue weighted by atomic mass is 16.6. The Hall–Kier alpha value is -1.28. The van der Waals surface area contributed by atoms with Crippen LogP contribution in [0.3, 0.4) is 0 Å². The molecule has 0 saturated carbocycles. The molecule has 0 fully saturated rings. The first kappa shape index (κ1) is 9.28. The minimum absolute atomic E-state index is 0.820. The third-order valence-corrected chi connectivity index (χ3v) is 2.36. The van der Waals surface area contributed by atoms with Crippen molar-refractivity contribution in [3.8, 4) is 0 Å². The maximum Gasteiger partial charge on any atom is 0.223 e. The van der Waals surface area contributed by atoms with Crippen LogP contribution in [-0.2, 0) is 4.74 Å². The molecule has 0 aromatic heterocycles. The van der Waals surface area contributed by atoms with Crippen molar-refractivity contribution in [2.24, 2.45) is 0 Å².